The van der Waals surface area contributed by atoms with E-state index >= 15 is 0 Å². The van der Waals surface area contributed by atoms with Crippen LogP contribution in [0.1, 0.15) is 44.7 Å². The van der Waals surface area contributed by atoms with Crippen LogP contribution in [0.4, 0.5) is 18.9 Å². The van der Waals surface area contributed by atoms with E-state index in [1.54, 1.807) is 24.3 Å². The van der Waals surface area contributed by atoms with Crippen molar-refractivity contribution in [2.75, 3.05) is 17.4 Å². The first-order valence-corrected chi connectivity index (χ1v) is 14.0. The summed E-state index contributed by atoms with van der Waals surface area (Å²) in [5, 5.41) is 0. The molecule has 9 heteroatoms. The summed E-state index contributed by atoms with van der Waals surface area (Å²) < 4.78 is 72.2. The van der Waals surface area contributed by atoms with E-state index in [0.717, 1.165) is 18.2 Å². The number of ether oxygens (including phenoxy) is 1. The minimum Gasteiger partial charge on any atom is -0.406 e. The van der Waals surface area contributed by atoms with Gasteiger partial charge in [-0.15, -0.1) is 13.2 Å². The summed E-state index contributed by atoms with van der Waals surface area (Å²) in [7, 11) is -4.07. The molecule has 0 spiro atoms. The fourth-order valence-electron chi connectivity index (χ4n) is 4.76. The largest absolute Gasteiger partial charge is 0.573 e. The smallest absolute Gasteiger partial charge is 0.406 e. The third-order valence-electron chi connectivity index (χ3n) is 6.72. The Morgan fingerprint density at radius 3 is 2.11 bits per heavy atom. The molecule has 3 aromatic carbocycles. The second-order valence-electron chi connectivity index (χ2n) is 10.6. The molecule has 0 saturated carbocycles. The highest BCUT2D eigenvalue weighted by Gasteiger charge is 2.36. The SMILES string of the molecule is CC(C)(C)c1ccc(S(=O)(=O)N(c2cccc(OC(F)(F)F)c2)C2CCN(Cc3ccccc3)CC2)cc1. The number of likely N-dealkylation sites (tertiary alicyclic amines) is 1. The van der Waals surface area contributed by atoms with Crippen LogP contribution in [0.15, 0.2) is 83.8 Å². The second-order valence-corrected chi connectivity index (χ2v) is 12.4. The standard InChI is InChI=1S/C29H33F3N2O3S/c1-28(2,3)23-12-14-27(15-13-23)38(35,36)34(25-10-7-11-26(20-25)37-29(30,31)32)24-16-18-33(19-17-24)21-22-8-5-4-6-9-22/h4-15,20,24H,16-19,21H2,1-3H3. The molecule has 0 unspecified atom stereocenters. The Hall–Kier alpha value is -3.04. The molecular formula is C29H33F3N2O3S. The van der Waals surface area contributed by atoms with E-state index in [4.69, 9.17) is 0 Å². The highest BCUT2D eigenvalue weighted by atomic mass is 32.2. The highest BCUT2D eigenvalue weighted by Crippen LogP contribution is 2.35. The van der Waals surface area contributed by atoms with Gasteiger partial charge >= 0.3 is 6.36 Å². The number of halogens is 3. The van der Waals surface area contributed by atoms with Crippen LogP contribution in [-0.2, 0) is 22.0 Å². The van der Waals surface area contributed by atoms with Crippen molar-refractivity contribution in [3.63, 3.8) is 0 Å². The van der Waals surface area contributed by atoms with E-state index in [-0.39, 0.29) is 16.0 Å². The number of alkyl halides is 3. The topological polar surface area (TPSA) is 49.9 Å². The highest BCUT2D eigenvalue weighted by molar-refractivity contribution is 7.92. The molecule has 5 nitrogen and oxygen atoms in total. The molecule has 0 aliphatic carbocycles. The Kier molecular flexibility index (Phi) is 8.09. The normalized spacial score (nSPS) is 15.8. The average molecular weight is 547 g/mol. The van der Waals surface area contributed by atoms with Crippen molar-refractivity contribution in [3.05, 3.63) is 90.0 Å². The van der Waals surface area contributed by atoms with Gasteiger partial charge in [0, 0.05) is 31.7 Å². The zero-order chi connectivity index (χ0) is 27.6. The lowest BCUT2D eigenvalue weighted by Gasteiger charge is -2.39. The molecule has 1 aliphatic heterocycles. The number of anilines is 1. The molecule has 38 heavy (non-hydrogen) atoms. The van der Waals surface area contributed by atoms with Crippen LogP contribution in [0.3, 0.4) is 0 Å². The van der Waals surface area contributed by atoms with Crippen LogP contribution in [0.5, 0.6) is 5.75 Å². The van der Waals surface area contributed by atoms with Crippen LogP contribution in [0.25, 0.3) is 0 Å². The van der Waals surface area contributed by atoms with Gasteiger partial charge in [-0.25, -0.2) is 8.42 Å². The molecule has 3 aromatic rings. The fourth-order valence-corrected chi connectivity index (χ4v) is 6.46. The molecule has 1 fully saturated rings. The van der Waals surface area contributed by atoms with Gasteiger partial charge < -0.3 is 4.74 Å². The Morgan fingerprint density at radius 1 is 0.895 bits per heavy atom. The van der Waals surface area contributed by atoms with Crippen LogP contribution < -0.4 is 9.04 Å². The van der Waals surface area contributed by atoms with Gasteiger partial charge in [-0.1, -0.05) is 69.3 Å². The number of hydrogen-bond donors (Lipinski definition) is 0. The number of rotatable bonds is 7. The molecule has 4 rings (SSSR count). The first-order valence-electron chi connectivity index (χ1n) is 12.6. The molecule has 0 bridgehead atoms. The Morgan fingerprint density at radius 2 is 1.53 bits per heavy atom. The fraction of sp³-hybridized carbons (Fsp3) is 0.379. The van der Waals surface area contributed by atoms with E-state index < -0.39 is 28.2 Å². The zero-order valence-corrected chi connectivity index (χ0v) is 22.6. The number of benzene rings is 3. The van der Waals surface area contributed by atoms with Crippen LogP contribution in [0.2, 0.25) is 0 Å². The van der Waals surface area contributed by atoms with Gasteiger partial charge in [-0.2, -0.15) is 0 Å². The van der Waals surface area contributed by atoms with Gasteiger partial charge in [0.2, 0.25) is 0 Å². The molecule has 0 atom stereocenters. The molecule has 0 amide bonds. The number of nitrogens with zero attached hydrogens (tertiary/aromatic N) is 2. The lowest BCUT2D eigenvalue weighted by molar-refractivity contribution is -0.274. The van der Waals surface area contributed by atoms with Gasteiger partial charge in [-0.05, 0) is 53.6 Å². The third-order valence-corrected chi connectivity index (χ3v) is 8.62. The zero-order valence-electron chi connectivity index (χ0n) is 21.8. The molecular weight excluding hydrogens is 513 g/mol. The van der Waals surface area contributed by atoms with Crippen molar-refractivity contribution < 1.29 is 26.3 Å². The Balaban J connectivity index is 1.65. The number of sulfonamides is 1. The molecule has 204 valence electrons. The summed E-state index contributed by atoms with van der Waals surface area (Å²) >= 11 is 0. The molecule has 1 heterocycles. The van der Waals surface area contributed by atoms with E-state index in [9.17, 15) is 21.6 Å². The molecule has 1 aliphatic rings. The summed E-state index contributed by atoms with van der Waals surface area (Å²) in [4.78, 5) is 2.36. The maximum absolute atomic E-state index is 14.0. The third kappa shape index (κ3) is 6.88. The van der Waals surface area contributed by atoms with Crippen LogP contribution in [0, 0.1) is 0 Å². The molecule has 0 aromatic heterocycles. The Bertz CT molecular complexity index is 1310. The molecule has 0 radical (unpaired) electrons. The first kappa shape index (κ1) is 28.0. The van der Waals surface area contributed by atoms with Gasteiger partial charge in [-0.3, -0.25) is 9.21 Å². The van der Waals surface area contributed by atoms with Crippen molar-refractivity contribution in [2.24, 2.45) is 0 Å². The molecule has 1 saturated heterocycles. The van der Waals surface area contributed by atoms with E-state index in [1.165, 1.54) is 28.1 Å². The summed E-state index contributed by atoms with van der Waals surface area (Å²) in [6.07, 6.45) is -3.80. The summed E-state index contributed by atoms with van der Waals surface area (Å²) in [5.41, 5.74) is 2.15. The first-order chi connectivity index (χ1) is 17.8. The van der Waals surface area contributed by atoms with Gasteiger partial charge in [0.25, 0.3) is 10.0 Å². The predicted molar refractivity (Wildman–Crippen MR) is 143 cm³/mol. The van der Waals surface area contributed by atoms with Crippen molar-refractivity contribution in [3.8, 4) is 5.75 Å². The maximum atomic E-state index is 14.0. The lowest BCUT2D eigenvalue weighted by atomic mass is 9.87. The van der Waals surface area contributed by atoms with Gasteiger partial charge in [0.05, 0.1) is 10.6 Å². The van der Waals surface area contributed by atoms with Crippen LogP contribution in [-0.4, -0.2) is 38.8 Å². The van der Waals surface area contributed by atoms with Crippen molar-refractivity contribution >= 4 is 15.7 Å². The number of piperidine rings is 1. The monoisotopic (exact) mass is 546 g/mol. The van der Waals surface area contributed by atoms with E-state index in [0.29, 0.717) is 25.9 Å². The minimum atomic E-state index is -4.88. The van der Waals surface area contributed by atoms with E-state index in [1.807, 2.05) is 39.0 Å². The summed E-state index contributed by atoms with van der Waals surface area (Å²) in [6.45, 7) is 8.19. The number of hydrogen-bond acceptors (Lipinski definition) is 4. The van der Waals surface area contributed by atoms with Crippen molar-refractivity contribution in [2.45, 2.75) is 62.9 Å². The van der Waals surface area contributed by atoms with Gasteiger partial charge in [0.15, 0.2) is 0 Å². The van der Waals surface area contributed by atoms with Crippen LogP contribution >= 0.6 is 0 Å². The molecule has 0 N–H and O–H groups in total. The summed E-state index contributed by atoms with van der Waals surface area (Å²) in [5.74, 6) is -0.459. The maximum Gasteiger partial charge on any atom is 0.573 e. The quantitative estimate of drug-likeness (QED) is 0.329. The second kappa shape index (κ2) is 11.0. The Labute approximate surface area is 222 Å². The van der Waals surface area contributed by atoms with Gasteiger partial charge in [0.1, 0.15) is 5.75 Å². The lowest BCUT2D eigenvalue weighted by Crippen LogP contribution is -2.47. The van der Waals surface area contributed by atoms with E-state index in [2.05, 4.69) is 21.8 Å². The van der Waals surface area contributed by atoms with Crippen molar-refractivity contribution in [1.29, 1.82) is 0 Å². The average Bonchev–Trinajstić information content (AvgIpc) is 2.84. The predicted octanol–water partition coefficient (Wildman–Crippen LogP) is 6.74. The summed E-state index contributed by atoms with van der Waals surface area (Å²) in [6, 6.07) is 21.5. The van der Waals surface area contributed by atoms with Crippen molar-refractivity contribution in [1.82, 2.24) is 4.90 Å². The minimum absolute atomic E-state index is 0.0966.